The number of carbonyl (C=O) groups is 1. The number of hydrogen-bond donors (Lipinski definition) is 1. The van der Waals surface area contributed by atoms with E-state index in [2.05, 4.69) is 15.1 Å². The van der Waals surface area contributed by atoms with Gasteiger partial charge >= 0.3 is 0 Å². The number of carbonyl (C=O) groups excluding carboxylic acids is 1. The summed E-state index contributed by atoms with van der Waals surface area (Å²) in [4.78, 5) is 18.5. The van der Waals surface area contributed by atoms with Crippen LogP contribution < -0.4 is 10.2 Å². The lowest BCUT2D eigenvalue weighted by molar-refractivity contribution is 0.0925. The SMILES string of the molecule is [C-]#[N+]c1ccc(N(C2CCC(NC(=O)c3ccc(C)cc3)CC2)C2CC2)cc1Cl. The van der Waals surface area contributed by atoms with Crippen LogP contribution in [0.25, 0.3) is 4.85 Å². The molecule has 0 unspecified atom stereocenters. The van der Waals surface area contributed by atoms with Gasteiger partial charge in [-0.3, -0.25) is 4.79 Å². The first-order valence-corrected chi connectivity index (χ1v) is 10.8. The molecule has 1 amide bonds. The van der Waals surface area contributed by atoms with Crippen LogP contribution in [-0.4, -0.2) is 24.0 Å². The molecule has 0 aliphatic heterocycles. The third-order valence-electron chi connectivity index (χ3n) is 6.03. The normalized spacial score (nSPS) is 21.3. The Bertz CT molecular complexity index is 922. The van der Waals surface area contributed by atoms with E-state index in [1.165, 1.54) is 12.8 Å². The Kier molecular flexibility index (Phi) is 5.78. The topological polar surface area (TPSA) is 36.7 Å². The number of halogens is 1. The summed E-state index contributed by atoms with van der Waals surface area (Å²) < 4.78 is 0. The molecule has 4 rings (SSSR count). The van der Waals surface area contributed by atoms with Gasteiger partial charge in [-0.15, -0.1) is 0 Å². The van der Waals surface area contributed by atoms with Gasteiger partial charge < -0.3 is 10.2 Å². The fourth-order valence-corrected chi connectivity index (χ4v) is 4.51. The van der Waals surface area contributed by atoms with Crippen LogP contribution in [0.2, 0.25) is 5.02 Å². The van der Waals surface area contributed by atoms with Crippen LogP contribution in [0.3, 0.4) is 0 Å². The summed E-state index contributed by atoms with van der Waals surface area (Å²) in [6.45, 7) is 9.22. The van der Waals surface area contributed by atoms with Gasteiger partial charge in [0.2, 0.25) is 5.69 Å². The predicted molar refractivity (Wildman–Crippen MR) is 118 cm³/mol. The highest BCUT2D eigenvalue weighted by atomic mass is 35.5. The molecule has 2 saturated carbocycles. The van der Waals surface area contributed by atoms with Gasteiger partial charge in [0.1, 0.15) is 0 Å². The first-order chi connectivity index (χ1) is 14.0. The molecule has 2 aromatic rings. The Balaban J connectivity index is 1.38. The Hall–Kier alpha value is -2.51. The third kappa shape index (κ3) is 4.57. The highest BCUT2D eigenvalue weighted by Crippen LogP contribution is 2.40. The highest BCUT2D eigenvalue weighted by Gasteiger charge is 2.36. The maximum atomic E-state index is 12.5. The monoisotopic (exact) mass is 407 g/mol. The lowest BCUT2D eigenvalue weighted by Gasteiger charge is -2.39. The van der Waals surface area contributed by atoms with Gasteiger partial charge in [0.05, 0.1) is 6.57 Å². The molecule has 0 heterocycles. The fourth-order valence-electron chi connectivity index (χ4n) is 4.29. The second-order valence-corrected chi connectivity index (χ2v) is 8.64. The van der Waals surface area contributed by atoms with E-state index in [-0.39, 0.29) is 11.9 Å². The van der Waals surface area contributed by atoms with Crippen LogP contribution >= 0.6 is 11.6 Å². The number of nitrogens with one attached hydrogen (secondary N) is 1. The zero-order valence-electron chi connectivity index (χ0n) is 16.7. The van der Waals surface area contributed by atoms with Crippen LogP contribution in [0.5, 0.6) is 0 Å². The first-order valence-electron chi connectivity index (χ1n) is 10.4. The molecule has 5 heteroatoms. The van der Waals surface area contributed by atoms with Crippen LogP contribution in [-0.2, 0) is 0 Å². The smallest absolute Gasteiger partial charge is 0.251 e. The largest absolute Gasteiger partial charge is 0.366 e. The maximum Gasteiger partial charge on any atom is 0.251 e. The maximum absolute atomic E-state index is 12.5. The number of benzene rings is 2. The third-order valence-corrected chi connectivity index (χ3v) is 6.33. The molecule has 2 aromatic carbocycles. The first kappa shape index (κ1) is 19.8. The van der Waals surface area contributed by atoms with Gasteiger partial charge in [-0.1, -0.05) is 35.4 Å². The standard InChI is InChI=1S/C24H26ClN3O/c1-16-3-5-17(6-4-16)24(29)27-18-7-9-19(10-8-18)28(20-11-12-20)21-13-14-23(26-2)22(25)15-21/h3-6,13-15,18-20H,7-12H2,1H3,(H,27,29). The lowest BCUT2D eigenvalue weighted by atomic mass is 9.89. The number of rotatable bonds is 5. The number of nitrogens with zero attached hydrogens (tertiary/aromatic N) is 2. The number of amides is 1. The molecular weight excluding hydrogens is 382 g/mol. The van der Waals surface area contributed by atoms with E-state index in [0.717, 1.165) is 42.5 Å². The summed E-state index contributed by atoms with van der Waals surface area (Å²) in [6.07, 6.45) is 6.51. The summed E-state index contributed by atoms with van der Waals surface area (Å²) in [7, 11) is 0. The van der Waals surface area contributed by atoms with E-state index < -0.39 is 0 Å². The van der Waals surface area contributed by atoms with Crippen LogP contribution in [0, 0.1) is 13.5 Å². The Morgan fingerprint density at radius 1 is 1.03 bits per heavy atom. The van der Waals surface area contributed by atoms with Gasteiger partial charge in [0.25, 0.3) is 5.91 Å². The van der Waals surface area contributed by atoms with Gasteiger partial charge in [0, 0.05) is 34.4 Å². The molecule has 1 N–H and O–H groups in total. The highest BCUT2D eigenvalue weighted by molar-refractivity contribution is 6.33. The molecule has 0 bridgehead atoms. The van der Waals surface area contributed by atoms with Crippen molar-refractivity contribution in [1.29, 1.82) is 0 Å². The zero-order chi connectivity index (χ0) is 20.4. The summed E-state index contributed by atoms with van der Waals surface area (Å²) in [5.41, 5.74) is 3.52. The number of anilines is 1. The van der Waals surface area contributed by atoms with Crippen molar-refractivity contribution < 1.29 is 4.79 Å². The molecule has 2 aliphatic rings. The van der Waals surface area contributed by atoms with Gasteiger partial charge in [0.15, 0.2) is 0 Å². The van der Waals surface area contributed by atoms with Crippen molar-refractivity contribution in [2.24, 2.45) is 0 Å². The average Bonchev–Trinajstić information content (AvgIpc) is 3.55. The van der Waals surface area contributed by atoms with Crippen molar-refractivity contribution in [3.05, 3.63) is 70.0 Å². The van der Waals surface area contributed by atoms with Crippen molar-refractivity contribution in [3.8, 4) is 0 Å². The van der Waals surface area contributed by atoms with E-state index in [9.17, 15) is 4.79 Å². The van der Waals surface area contributed by atoms with Crippen molar-refractivity contribution in [2.45, 2.75) is 63.6 Å². The number of hydrogen-bond acceptors (Lipinski definition) is 2. The zero-order valence-corrected chi connectivity index (χ0v) is 17.5. The molecule has 2 fully saturated rings. The number of aryl methyl sites for hydroxylation is 1. The quantitative estimate of drug-likeness (QED) is 0.625. The van der Waals surface area contributed by atoms with E-state index in [1.54, 1.807) is 0 Å². The molecule has 150 valence electrons. The van der Waals surface area contributed by atoms with Crippen LogP contribution in [0.15, 0.2) is 42.5 Å². The molecule has 0 radical (unpaired) electrons. The minimum atomic E-state index is 0.0222. The molecule has 0 atom stereocenters. The van der Waals surface area contributed by atoms with E-state index in [4.69, 9.17) is 18.2 Å². The second-order valence-electron chi connectivity index (χ2n) is 8.23. The van der Waals surface area contributed by atoms with Crippen LogP contribution in [0.1, 0.15) is 54.4 Å². The molecule has 0 spiro atoms. The Morgan fingerprint density at radius 2 is 1.66 bits per heavy atom. The molecule has 0 saturated heterocycles. The van der Waals surface area contributed by atoms with Gasteiger partial charge in [-0.2, -0.15) is 0 Å². The summed E-state index contributed by atoms with van der Waals surface area (Å²) in [5, 5.41) is 3.74. The van der Waals surface area contributed by atoms with Gasteiger partial charge in [-0.05, 0) is 69.7 Å². The molecule has 2 aliphatic carbocycles. The van der Waals surface area contributed by atoms with Gasteiger partial charge in [-0.25, -0.2) is 4.85 Å². The van der Waals surface area contributed by atoms with Crippen molar-refractivity contribution >= 4 is 28.9 Å². The van der Waals surface area contributed by atoms with E-state index in [1.807, 2.05) is 49.4 Å². The lowest BCUT2D eigenvalue weighted by Crippen LogP contribution is -2.45. The van der Waals surface area contributed by atoms with Crippen molar-refractivity contribution in [2.75, 3.05) is 4.90 Å². The second kappa shape index (κ2) is 8.47. The fraction of sp³-hybridized carbons (Fsp3) is 0.417. The minimum Gasteiger partial charge on any atom is -0.366 e. The summed E-state index contributed by atoms with van der Waals surface area (Å²) in [5.74, 6) is 0.0222. The van der Waals surface area contributed by atoms with Crippen molar-refractivity contribution in [3.63, 3.8) is 0 Å². The molecule has 4 nitrogen and oxygen atoms in total. The summed E-state index contributed by atoms with van der Waals surface area (Å²) in [6, 6.07) is 14.8. The van der Waals surface area contributed by atoms with E-state index in [0.29, 0.717) is 22.8 Å². The van der Waals surface area contributed by atoms with Crippen LogP contribution in [0.4, 0.5) is 11.4 Å². The molecule has 29 heavy (non-hydrogen) atoms. The predicted octanol–water partition coefficient (Wildman–Crippen LogP) is 5.91. The van der Waals surface area contributed by atoms with Crippen molar-refractivity contribution in [1.82, 2.24) is 5.32 Å². The average molecular weight is 408 g/mol. The summed E-state index contributed by atoms with van der Waals surface area (Å²) >= 11 is 6.30. The molecular formula is C24H26ClN3O. The molecule has 0 aromatic heterocycles. The van der Waals surface area contributed by atoms with E-state index >= 15 is 0 Å². The Labute approximate surface area is 177 Å². The minimum absolute atomic E-state index is 0.0222. The Morgan fingerprint density at radius 3 is 2.21 bits per heavy atom.